The third kappa shape index (κ3) is 3.41. The number of nitrogens with zero attached hydrogens (tertiary/aromatic N) is 1. The number of imide groups is 1. The van der Waals surface area contributed by atoms with Gasteiger partial charge in [-0.25, -0.2) is 4.90 Å². The fourth-order valence-electron chi connectivity index (χ4n) is 3.08. The van der Waals surface area contributed by atoms with Crippen LogP contribution in [0, 0.1) is 0 Å². The molecule has 1 aromatic heterocycles. The maximum atomic E-state index is 12.7. The van der Waals surface area contributed by atoms with Gasteiger partial charge in [0, 0.05) is 17.8 Å². The van der Waals surface area contributed by atoms with E-state index >= 15 is 0 Å². The van der Waals surface area contributed by atoms with Gasteiger partial charge in [0.1, 0.15) is 11.5 Å². The molecule has 1 aliphatic rings. The summed E-state index contributed by atoms with van der Waals surface area (Å²) in [4.78, 5) is 38.6. The maximum Gasteiger partial charge on any atom is 0.266 e. The molecule has 29 heavy (non-hydrogen) atoms. The van der Waals surface area contributed by atoms with E-state index in [2.05, 4.69) is 5.32 Å². The molecule has 0 saturated carbocycles. The van der Waals surface area contributed by atoms with Crippen LogP contribution in [-0.2, 0) is 4.79 Å². The van der Waals surface area contributed by atoms with Crippen LogP contribution in [0.15, 0.2) is 71.4 Å². The largest absolute Gasteiger partial charge is 0.494 e. The smallest absolute Gasteiger partial charge is 0.266 e. The van der Waals surface area contributed by atoms with Crippen molar-refractivity contribution < 1.29 is 23.5 Å². The molecule has 1 aliphatic heterocycles. The minimum absolute atomic E-state index is 0.285. The molecular formula is C22H16N2O5. The lowest BCUT2D eigenvalue weighted by Crippen LogP contribution is -2.29. The van der Waals surface area contributed by atoms with Gasteiger partial charge in [0.05, 0.1) is 30.2 Å². The van der Waals surface area contributed by atoms with E-state index in [1.807, 2.05) is 0 Å². The summed E-state index contributed by atoms with van der Waals surface area (Å²) in [6.45, 7) is 0. The van der Waals surface area contributed by atoms with Crippen LogP contribution in [0.5, 0.6) is 5.75 Å². The van der Waals surface area contributed by atoms with E-state index in [9.17, 15) is 14.4 Å². The lowest BCUT2D eigenvalue weighted by molar-refractivity contribution is -0.111. The first-order valence-corrected chi connectivity index (χ1v) is 8.77. The number of hydrogen-bond acceptors (Lipinski definition) is 5. The average molecular weight is 388 g/mol. The first-order chi connectivity index (χ1) is 14.1. The molecule has 0 spiro atoms. The van der Waals surface area contributed by atoms with E-state index in [0.717, 1.165) is 4.90 Å². The molecule has 0 aliphatic carbocycles. The van der Waals surface area contributed by atoms with Gasteiger partial charge in [0.15, 0.2) is 0 Å². The van der Waals surface area contributed by atoms with Crippen molar-refractivity contribution >= 4 is 35.2 Å². The second-order valence-corrected chi connectivity index (χ2v) is 6.22. The number of anilines is 2. The number of amides is 3. The number of nitrogens with one attached hydrogen (secondary N) is 1. The first-order valence-electron chi connectivity index (χ1n) is 8.77. The molecule has 0 radical (unpaired) electrons. The van der Waals surface area contributed by atoms with E-state index in [1.165, 1.54) is 19.4 Å². The molecule has 1 N–H and O–H groups in total. The van der Waals surface area contributed by atoms with Crippen molar-refractivity contribution in [2.45, 2.75) is 0 Å². The average Bonchev–Trinajstić information content (AvgIpc) is 3.34. The highest BCUT2D eigenvalue weighted by atomic mass is 16.5. The zero-order chi connectivity index (χ0) is 20.4. The van der Waals surface area contributed by atoms with Crippen LogP contribution in [0.2, 0.25) is 0 Å². The number of carbonyl (C=O) groups is 3. The fraction of sp³-hybridized carbons (Fsp3) is 0.0455. The van der Waals surface area contributed by atoms with Crippen molar-refractivity contribution in [3.63, 3.8) is 0 Å². The number of hydrogen-bond donors (Lipinski definition) is 1. The van der Waals surface area contributed by atoms with Gasteiger partial charge in [-0.15, -0.1) is 0 Å². The molecule has 4 rings (SSSR count). The van der Waals surface area contributed by atoms with Crippen molar-refractivity contribution in [3.05, 3.63) is 83.8 Å². The fourth-order valence-corrected chi connectivity index (χ4v) is 3.08. The Morgan fingerprint density at radius 2 is 1.76 bits per heavy atom. The van der Waals surface area contributed by atoms with E-state index < -0.39 is 11.8 Å². The summed E-state index contributed by atoms with van der Waals surface area (Å²) in [6, 6.07) is 14.8. The van der Waals surface area contributed by atoms with Gasteiger partial charge in [0.2, 0.25) is 5.91 Å². The standard InChI is InChI=1S/C22H16N2O5/c1-28-19-13-14(23-20(25)11-9-15-5-4-12-29-15)8-10-18(19)24-21(26)16-6-2-3-7-17(16)22(24)27/h2-13H,1H3,(H,23,25)/b11-9+. The third-order valence-corrected chi connectivity index (χ3v) is 4.42. The van der Waals surface area contributed by atoms with Gasteiger partial charge in [0.25, 0.3) is 11.8 Å². The third-order valence-electron chi connectivity index (χ3n) is 4.42. The Balaban J connectivity index is 1.57. The first kappa shape index (κ1) is 18.2. The Morgan fingerprint density at radius 3 is 2.38 bits per heavy atom. The van der Waals surface area contributed by atoms with Gasteiger partial charge in [-0.2, -0.15) is 0 Å². The Morgan fingerprint density at radius 1 is 1.03 bits per heavy atom. The van der Waals surface area contributed by atoms with Crippen LogP contribution in [-0.4, -0.2) is 24.8 Å². The van der Waals surface area contributed by atoms with Crippen LogP contribution < -0.4 is 15.0 Å². The Kier molecular flexibility index (Phi) is 4.70. The predicted octanol–water partition coefficient (Wildman–Crippen LogP) is 3.74. The lowest BCUT2D eigenvalue weighted by Gasteiger charge is -2.18. The zero-order valence-corrected chi connectivity index (χ0v) is 15.4. The molecule has 0 bridgehead atoms. The van der Waals surface area contributed by atoms with Crippen molar-refractivity contribution in [1.29, 1.82) is 0 Å². The van der Waals surface area contributed by atoms with Gasteiger partial charge >= 0.3 is 0 Å². The number of carbonyl (C=O) groups excluding carboxylic acids is 3. The van der Waals surface area contributed by atoms with Crippen molar-refractivity contribution in [1.82, 2.24) is 0 Å². The zero-order valence-electron chi connectivity index (χ0n) is 15.4. The summed E-state index contributed by atoms with van der Waals surface area (Å²) in [5, 5.41) is 2.70. The molecule has 3 amide bonds. The van der Waals surface area contributed by atoms with Gasteiger partial charge < -0.3 is 14.5 Å². The summed E-state index contributed by atoms with van der Waals surface area (Å²) >= 11 is 0. The number of fused-ring (bicyclic) bond motifs is 1. The molecule has 2 aromatic carbocycles. The van der Waals surface area contributed by atoms with E-state index in [0.29, 0.717) is 28.3 Å². The summed E-state index contributed by atoms with van der Waals surface area (Å²) < 4.78 is 10.5. The second kappa shape index (κ2) is 7.47. The van der Waals surface area contributed by atoms with Crippen LogP contribution in [0.25, 0.3) is 6.08 Å². The summed E-state index contributed by atoms with van der Waals surface area (Å²) in [5.41, 5.74) is 1.46. The quantitative estimate of drug-likeness (QED) is 0.531. The highest BCUT2D eigenvalue weighted by molar-refractivity contribution is 6.34. The van der Waals surface area contributed by atoms with Crippen LogP contribution in [0.3, 0.4) is 0 Å². The van der Waals surface area contributed by atoms with Gasteiger partial charge in [-0.3, -0.25) is 14.4 Å². The molecule has 7 heteroatoms. The van der Waals surface area contributed by atoms with E-state index in [4.69, 9.17) is 9.15 Å². The van der Waals surface area contributed by atoms with Crippen LogP contribution in [0.1, 0.15) is 26.5 Å². The Bertz CT molecular complexity index is 1100. The van der Waals surface area contributed by atoms with Crippen molar-refractivity contribution in [2.75, 3.05) is 17.3 Å². The number of benzene rings is 2. The van der Waals surface area contributed by atoms with E-state index in [1.54, 1.807) is 60.7 Å². The number of ether oxygens (including phenoxy) is 1. The van der Waals surface area contributed by atoms with Crippen molar-refractivity contribution in [3.8, 4) is 5.75 Å². The predicted molar refractivity (Wildman–Crippen MR) is 107 cm³/mol. The highest BCUT2D eigenvalue weighted by Crippen LogP contribution is 2.36. The normalized spacial score (nSPS) is 13.1. The van der Waals surface area contributed by atoms with Gasteiger partial charge in [-0.1, -0.05) is 12.1 Å². The van der Waals surface area contributed by atoms with E-state index in [-0.39, 0.29) is 11.7 Å². The lowest BCUT2D eigenvalue weighted by atomic mass is 10.1. The molecule has 2 heterocycles. The molecule has 0 saturated heterocycles. The summed E-state index contributed by atoms with van der Waals surface area (Å²) in [7, 11) is 1.43. The maximum absolute atomic E-state index is 12.7. The Labute approximate surface area is 166 Å². The summed E-state index contributed by atoms with van der Waals surface area (Å²) in [5.74, 6) is -0.355. The highest BCUT2D eigenvalue weighted by Gasteiger charge is 2.37. The summed E-state index contributed by atoms with van der Waals surface area (Å²) in [6.07, 6.45) is 4.39. The van der Waals surface area contributed by atoms with Crippen molar-refractivity contribution in [2.24, 2.45) is 0 Å². The SMILES string of the molecule is COc1cc(NC(=O)/C=C/c2ccco2)ccc1N1C(=O)c2ccccc2C1=O. The molecule has 0 fully saturated rings. The number of rotatable bonds is 5. The molecule has 7 nitrogen and oxygen atoms in total. The molecule has 0 unspecified atom stereocenters. The second-order valence-electron chi connectivity index (χ2n) is 6.22. The van der Waals surface area contributed by atoms with Gasteiger partial charge in [-0.05, 0) is 42.5 Å². The number of furan rings is 1. The monoisotopic (exact) mass is 388 g/mol. The van der Waals surface area contributed by atoms with Crippen LogP contribution in [0.4, 0.5) is 11.4 Å². The Hall–Kier alpha value is -4.13. The van der Waals surface area contributed by atoms with Crippen LogP contribution >= 0.6 is 0 Å². The minimum atomic E-state index is -0.415. The molecule has 0 atom stereocenters. The minimum Gasteiger partial charge on any atom is -0.494 e. The topological polar surface area (TPSA) is 88.8 Å². The molecule has 3 aromatic rings. The number of methoxy groups -OCH3 is 1. The molecular weight excluding hydrogens is 372 g/mol. The molecule has 144 valence electrons.